The van der Waals surface area contributed by atoms with Crippen molar-refractivity contribution in [1.29, 1.82) is 0 Å². The smallest absolute Gasteiger partial charge is 0.410 e. The first-order valence-corrected chi connectivity index (χ1v) is 10.6. The number of carbonyl (C=O) groups excluding carboxylic acids is 1. The normalized spacial score (nSPS) is 31.3. The summed E-state index contributed by atoms with van der Waals surface area (Å²) in [7, 11) is 0. The Hall–Kier alpha value is -0.460. The number of rotatable bonds is 4. The van der Waals surface area contributed by atoms with Crippen molar-refractivity contribution in [2.24, 2.45) is 0 Å². The van der Waals surface area contributed by atoms with E-state index in [1.165, 1.54) is 24.6 Å². The van der Waals surface area contributed by atoms with E-state index in [0.717, 1.165) is 38.8 Å². The van der Waals surface area contributed by atoms with E-state index in [1.54, 1.807) is 0 Å². The molecule has 3 fully saturated rings. The lowest BCUT2D eigenvalue weighted by Crippen LogP contribution is -2.53. The van der Waals surface area contributed by atoms with Crippen LogP contribution in [0.5, 0.6) is 0 Å². The van der Waals surface area contributed by atoms with Gasteiger partial charge in [-0.15, -0.1) is 0 Å². The maximum absolute atomic E-state index is 12.5. The van der Waals surface area contributed by atoms with Crippen LogP contribution in [0.15, 0.2) is 0 Å². The molecular weight excluding hydrogens is 322 g/mol. The van der Waals surface area contributed by atoms with Crippen molar-refractivity contribution in [3.63, 3.8) is 0 Å². The molecule has 138 valence electrons. The van der Waals surface area contributed by atoms with Crippen molar-refractivity contribution in [3.8, 4) is 0 Å². The number of nitrogens with zero attached hydrogens (tertiary/aromatic N) is 2. The lowest BCUT2D eigenvalue weighted by Gasteiger charge is -2.40. The van der Waals surface area contributed by atoms with Gasteiger partial charge in [-0.2, -0.15) is 11.8 Å². The zero-order valence-electron chi connectivity index (χ0n) is 15.4. The van der Waals surface area contributed by atoms with Gasteiger partial charge in [-0.3, -0.25) is 0 Å². The summed E-state index contributed by atoms with van der Waals surface area (Å²) >= 11 is 2.06. The van der Waals surface area contributed by atoms with Crippen molar-refractivity contribution >= 4 is 17.9 Å². The van der Waals surface area contributed by atoms with Crippen LogP contribution in [0, 0.1) is 0 Å². The number of hydrogen-bond acceptors (Lipinski definition) is 5. The molecule has 0 saturated carbocycles. The molecule has 0 spiro atoms. The average Bonchev–Trinajstić information content (AvgIpc) is 2.78. The SMILES string of the molecule is CC(C)(C)OC(=O)N1C2CCC1CC(NCCN1CCSCC1)C2. The van der Waals surface area contributed by atoms with Crippen LogP contribution in [0.25, 0.3) is 0 Å². The molecular formula is C18H33N3O2S. The quantitative estimate of drug-likeness (QED) is 0.840. The average molecular weight is 356 g/mol. The molecule has 0 aromatic heterocycles. The Labute approximate surface area is 150 Å². The first-order chi connectivity index (χ1) is 11.4. The molecule has 2 atom stereocenters. The molecule has 1 amide bonds. The molecule has 0 radical (unpaired) electrons. The number of nitrogens with one attached hydrogen (secondary N) is 1. The van der Waals surface area contributed by atoms with E-state index in [2.05, 4.69) is 22.0 Å². The standard InChI is InChI=1S/C18H33N3O2S/c1-18(2,3)23-17(22)21-15-4-5-16(21)13-14(12-15)19-6-7-20-8-10-24-11-9-20/h14-16,19H,4-13H2,1-3H3. The zero-order valence-corrected chi connectivity index (χ0v) is 16.2. The van der Waals surface area contributed by atoms with Crippen LogP contribution >= 0.6 is 11.8 Å². The molecule has 3 heterocycles. The number of fused-ring (bicyclic) bond motifs is 2. The summed E-state index contributed by atoms with van der Waals surface area (Å²) in [5.41, 5.74) is -0.404. The van der Waals surface area contributed by atoms with Crippen LogP contribution in [-0.2, 0) is 4.74 Å². The Kier molecular flexibility index (Phi) is 5.98. The van der Waals surface area contributed by atoms with E-state index in [1.807, 2.05) is 25.7 Å². The Bertz CT molecular complexity index is 420. The van der Waals surface area contributed by atoms with E-state index < -0.39 is 5.60 Å². The fraction of sp³-hybridized carbons (Fsp3) is 0.944. The Morgan fingerprint density at radius 3 is 2.38 bits per heavy atom. The molecule has 0 aliphatic carbocycles. The fourth-order valence-electron chi connectivity index (χ4n) is 4.21. The number of piperidine rings is 1. The summed E-state index contributed by atoms with van der Waals surface area (Å²) in [6.07, 6.45) is 4.30. The summed E-state index contributed by atoms with van der Waals surface area (Å²) in [6.45, 7) is 10.5. The monoisotopic (exact) mass is 355 g/mol. The number of hydrogen-bond donors (Lipinski definition) is 1. The van der Waals surface area contributed by atoms with Crippen LogP contribution in [0.1, 0.15) is 46.5 Å². The number of ether oxygens (including phenoxy) is 1. The molecule has 5 nitrogen and oxygen atoms in total. The molecule has 3 aliphatic rings. The Balaban J connectivity index is 1.43. The molecule has 6 heteroatoms. The third-order valence-corrected chi connectivity index (χ3v) is 6.24. The van der Waals surface area contributed by atoms with Crippen LogP contribution in [-0.4, -0.2) is 77.3 Å². The van der Waals surface area contributed by atoms with Gasteiger partial charge in [0.05, 0.1) is 0 Å². The molecule has 1 N–H and O–H groups in total. The largest absolute Gasteiger partial charge is 0.444 e. The first kappa shape index (κ1) is 18.3. The minimum absolute atomic E-state index is 0.112. The van der Waals surface area contributed by atoms with Gasteiger partial charge in [0.15, 0.2) is 0 Å². The molecule has 3 aliphatic heterocycles. The van der Waals surface area contributed by atoms with Crippen molar-refractivity contribution < 1.29 is 9.53 Å². The fourth-order valence-corrected chi connectivity index (χ4v) is 5.19. The third-order valence-electron chi connectivity index (χ3n) is 5.30. The number of thioether (sulfide) groups is 1. The summed E-state index contributed by atoms with van der Waals surface area (Å²) in [5, 5.41) is 3.75. The predicted octanol–water partition coefficient (Wildman–Crippen LogP) is 2.56. The van der Waals surface area contributed by atoms with Crippen molar-refractivity contribution in [2.45, 2.75) is 70.2 Å². The topological polar surface area (TPSA) is 44.8 Å². The second kappa shape index (κ2) is 7.83. The van der Waals surface area contributed by atoms with Crippen molar-refractivity contribution in [1.82, 2.24) is 15.1 Å². The molecule has 0 aromatic rings. The van der Waals surface area contributed by atoms with Crippen molar-refractivity contribution in [2.75, 3.05) is 37.7 Å². The van der Waals surface area contributed by atoms with Gasteiger partial charge in [-0.1, -0.05) is 0 Å². The summed E-state index contributed by atoms with van der Waals surface area (Å²) in [6, 6.07) is 1.28. The zero-order chi connectivity index (χ0) is 17.2. The third kappa shape index (κ3) is 4.79. The van der Waals surface area contributed by atoms with Gasteiger partial charge in [0.2, 0.25) is 0 Å². The van der Waals surface area contributed by atoms with Crippen LogP contribution in [0.3, 0.4) is 0 Å². The minimum atomic E-state index is -0.404. The molecule has 3 saturated heterocycles. The first-order valence-electron chi connectivity index (χ1n) is 9.47. The highest BCUT2D eigenvalue weighted by Crippen LogP contribution is 2.36. The lowest BCUT2D eigenvalue weighted by atomic mass is 9.98. The minimum Gasteiger partial charge on any atom is -0.444 e. The van der Waals surface area contributed by atoms with Crippen molar-refractivity contribution in [3.05, 3.63) is 0 Å². The van der Waals surface area contributed by atoms with Crippen LogP contribution in [0.4, 0.5) is 4.79 Å². The highest BCUT2D eigenvalue weighted by Gasteiger charge is 2.44. The number of carbonyl (C=O) groups is 1. The van der Waals surface area contributed by atoms with Gasteiger partial charge in [-0.25, -0.2) is 4.79 Å². The Morgan fingerprint density at radius 1 is 1.17 bits per heavy atom. The van der Waals surface area contributed by atoms with Gasteiger partial charge in [0, 0.05) is 55.8 Å². The van der Waals surface area contributed by atoms with Gasteiger partial charge in [-0.05, 0) is 46.5 Å². The second-order valence-corrected chi connectivity index (χ2v) is 9.57. The van der Waals surface area contributed by atoms with E-state index in [0.29, 0.717) is 18.1 Å². The number of amides is 1. The lowest BCUT2D eigenvalue weighted by molar-refractivity contribution is 0.00468. The second-order valence-electron chi connectivity index (χ2n) is 8.35. The molecule has 0 aromatic carbocycles. The van der Waals surface area contributed by atoms with Crippen LogP contribution in [0.2, 0.25) is 0 Å². The highest BCUT2D eigenvalue weighted by atomic mass is 32.2. The highest BCUT2D eigenvalue weighted by molar-refractivity contribution is 7.99. The molecule has 24 heavy (non-hydrogen) atoms. The van der Waals surface area contributed by atoms with Gasteiger partial charge in [0.1, 0.15) is 5.60 Å². The van der Waals surface area contributed by atoms with Gasteiger partial charge >= 0.3 is 6.09 Å². The molecule has 3 rings (SSSR count). The predicted molar refractivity (Wildman–Crippen MR) is 99.7 cm³/mol. The van der Waals surface area contributed by atoms with Gasteiger partial charge < -0.3 is 19.9 Å². The van der Waals surface area contributed by atoms with Gasteiger partial charge in [0.25, 0.3) is 0 Å². The molecule has 2 bridgehead atoms. The maximum Gasteiger partial charge on any atom is 0.410 e. The van der Waals surface area contributed by atoms with Crippen LogP contribution < -0.4 is 5.32 Å². The van der Waals surface area contributed by atoms with E-state index in [9.17, 15) is 4.79 Å². The summed E-state index contributed by atoms with van der Waals surface area (Å²) in [5.74, 6) is 2.55. The Morgan fingerprint density at radius 2 is 1.79 bits per heavy atom. The molecule has 2 unspecified atom stereocenters. The van der Waals surface area contributed by atoms with E-state index >= 15 is 0 Å². The maximum atomic E-state index is 12.5. The van der Waals surface area contributed by atoms with E-state index in [-0.39, 0.29) is 6.09 Å². The summed E-state index contributed by atoms with van der Waals surface area (Å²) in [4.78, 5) is 17.1. The summed E-state index contributed by atoms with van der Waals surface area (Å²) < 4.78 is 5.61. The van der Waals surface area contributed by atoms with E-state index in [4.69, 9.17) is 4.74 Å².